The minimum Gasteiger partial charge on any atom is -0.380 e. The number of hydrogen-bond acceptors (Lipinski definition) is 4. The lowest BCUT2D eigenvalue weighted by Gasteiger charge is -2.29. The zero-order valence-corrected chi connectivity index (χ0v) is 18.5. The van der Waals surface area contributed by atoms with Crippen LogP contribution in [0.25, 0.3) is 10.9 Å². The Morgan fingerprint density at radius 2 is 1.91 bits per heavy atom. The zero-order chi connectivity index (χ0) is 23.2. The molecule has 168 valence electrons. The van der Waals surface area contributed by atoms with Crippen LogP contribution in [0.1, 0.15) is 49.7 Å². The number of carbonyl (C=O) groups is 1. The van der Waals surface area contributed by atoms with E-state index in [1.165, 1.54) is 12.3 Å². The molecule has 0 saturated heterocycles. The Kier molecular flexibility index (Phi) is 5.38. The lowest BCUT2D eigenvalue weighted by Crippen LogP contribution is -2.46. The number of hydrogen-bond donors (Lipinski definition) is 2. The van der Waals surface area contributed by atoms with Crippen LogP contribution >= 0.6 is 0 Å². The van der Waals surface area contributed by atoms with Gasteiger partial charge in [0.2, 0.25) is 0 Å². The molecule has 33 heavy (non-hydrogen) atoms. The summed E-state index contributed by atoms with van der Waals surface area (Å²) in [4.78, 5) is 21.4. The molecule has 5 rings (SSSR count). The summed E-state index contributed by atoms with van der Waals surface area (Å²) in [7, 11) is 0. The summed E-state index contributed by atoms with van der Waals surface area (Å²) >= 11 is 0. The predicted molar refractivity (Wildman–Crippen MR) is 125 cm³/mol. The molecule has 2 aliphatic rings. The third-order valence-electron chi connectivity index (χ3n) is 7.62. The lowest BCUT2D eigenvalue weighted by atomic mass is 9.83. The van der Waals surface area contributed by atoms with E-state index in [4.69, 9.17) is 6.42 Å². The quantitative estimate of drug-likeness (QED) is 0.575. The van der Waals surface area contributed by atoms with E-state index in [0.29, 0.717) is 29.1 Å². The Hall–Kier alpha value is -3.30. The second kappa shape index (κ2) is 8.24. The molecule has 5 nitrogen and oxygen atoms in total. The first-order chi connectivity index (χ1) is 15.8. The number of benzene rings is 1. The van der Waals surface area contributed by atoms with Crippen molar-refractivity contribution in [3.8, 4) is 12.3 Å². The number of fused-ring (bicyclic) bond motifs is 2. The van der Waals surface area contributed by atoms with Gasteiger partial charge in [-0.25, -0.2) is 9.37 Å². The van der Waals surface area contributed by atoms with E-state index in [0.717, 1.165) is 42.1 Å². The molecule has 2 N–H and O–H groups in total. The summed E-state index contributed by atoms with van der Waals surface area (Å²) in [5, 5.41) is 14.7. The third-order valence-corrected chi connectivity index (χ3v) is 7.62. The molecule has 2 aliphatic carbocycles. The van der Waals surface area contributed by atoms with Crippen LogP contribution in [0.15, 0.2) is 48.8 Å². The van der Waals surface area contributed by atoms with Gasteiger partial charge in [0.25, 0.3) is 5.91 Å². The number of rotatable bonds is 4. The lowest BCUT2D eigenvalue weighted by molar-refractivity contribution is -0.137. The topological polar surface area (TPSA) is 75.1 Å². The van der Waals surface area contributed by atoms with Gasteiger partial charge in [-0.1, -0.05) is 5.92 Å². The van der Waals surface area contributed by atoms with E-state index < -0.39 is 11.5 Å². The number of terminal acetylenes is 1. The highest BCUT2D eigenvalue weighted by atomic mass is 19.1. The summed E-state index contributed by atoms with van der Waals surface area (Å²) in [6, 6.07) is 10.1. The van der Waals surface area contributed by atoms with Gasteiger partial charge in [0.15, 0.2) is 0 Å². The minimum atomic E-state index is -1.49. The average molecular weight is 444 g/mol. The van der Waals surface area contributed by atoms with Crippen molar-refractivity contribution in [2.24, 2.45) is 17.8 Å². The van der Waals surface area contributed by atoms with Crippen molar-refractivity contribution in [3.05, 3.63) is 65.7 Å². The van der Waals surface area contributed by atoms with Gasteiger partial charge in [-0.3, -0.25) is 9.78 Å². The molecule has 4 unspecified atom stereocenters. The van der Waals surface area contributed by atoms with Gasteiger partial charge >= 0.3 is 0 Å². The van der Waals surface area contributed by atoms with Crippen LogP contribution in [-0.4, -0.2) is 26.6 Å². The van der Waals surface area contributed by atoms with E-state index in [9.17, 15) is 14.3 Å². The summed E-state index contributed by atoms with van der Waals surface area (Å²) in [5.74, 6) is 3.25. The molecular formula is C27H26FN3O2. The normalized spacial score (nSPS) is 25.9. The van der Waals surface area contributed by atoms with Gasteiger partial charge in [0.1, 0.15) is 17.2 Å². The number of carbonyl (C=O) groups excluding carboxylic acids is 1. The van der Waals surface area contributed by atoms with Crippen LogP contribution in [0, 0.1) is 35.9 Å². The van der Waals surface area contributed by atoms with Gasteiger partial charge in [0.05, 0.1) is 5.52 Å². The van der Waals surface area contributed by atoms with Crippen LogP contribution in [0.2, 0.25) is 0 Å². The monoisotopic (exact) mass is 443 g/mol. The first-order valence-corrected chi connectivity index (χ1v) is 11.4. The highest BCUT2D eigenvalue weighted by Gasteiger charge is 2.50. The number of aliphatic hydroxyl groups is 1. The minimum absolute atomic E-state index is 0.120. The first kappa shape index (κ1) is 21.5. The Morgan fingerprint density at radius 3 is 2.58 bits per heavy atom. The van der Waals surface area contributed by atoms with Crippen molar-refractivity contribution >= 4 is 22.6 Å². The van der Waals surface area contributed by atoms with Gasteiger partial charge < -0.3 is 10.4 Å². The Morgan fingerprint density at radius 1 is 1.15 bits per heavy atom. The number of amides is 1. The second-order valence-electron chi connectivity index (χ2n) is 9.60. The van der Waals surface area contributed by atoms with Crippen LogP contribution < -0.4 is 5.32 Å². The molecule has 2 fully saturated rings. The molecule has 2 aromatic heterocycles. The van der Waals surface area contributed by atoms with Gasteiger partial charge in [-0.05, 0) is 98.2 Å². The maximum atomic E-state index is 13.9. The first-order valence-electron chi connectivity index (χ1n) is 11.4. The molecule has 2 saturated carbocycles. The Bertz CT molecular complexity index is 1230. The van der Waals surface area contributed by atoms with Crippen molar-refractivity contribution in [3.63, 3.8) is 0 Å². The van der Waals surface area contributed by atoms with E-state index >= 15 is 0 Å². The molecule has 0 spiro atoms. The second-order valence-corrected chi connectivity index (χ2v) is 9.60. The van der Waals surface area contributed by atoms with Crippen LogP contribution in [0.4, 0.5) is 10.2 Å². The number of nitrogens with zero attached hydrogens (tertiary/aromatic N) is 2. The van der Waals surface area contributed by atoms with Crippen LogP contribution in [-0.2, 0) is 4.79 Å². The predicted octanol–water partition coefficient (Wildman–Crippen LogP) is 4.66. The van der Waals surface area contributed by atoms with Crippen LogP contribution in [0.3, 0.4) is 0 Å². The molecule has 6 heteroatoms. The fourth-order valence-electron chi connectivity index (χ4n) is 5.81. The molecular weight excluding hydrogens is 417 g/mol. The van der Waals surface area contributed by atoms with Crippen molar-refractivity contribution in [1.82, 2.24) is 9.97 Å². The summed E-state index contributed by atoms with van der Waals surface area (Å²) in [5.41, 5.74) is 1.10. The molecule has 0 aliphatic heterocycles. The largest absolute Gasteiger partial charge is 0.380 e. The summed E-state index contributed by atoms with van der Waals surface area (Å²) < 4.78 is 13.9. The van der Waals surface area contributed by atoms with Crippen molar-refractivity contribution < 1.29 is 14.3 Å². The zero-order valence-electron chi connectivity index (χ0n) is 18.5. The summed E-state index contributed by atoms with van der Waals surface area (Å²) in [6.45, 7) is 1.60. The third kappa shape index (κ3) is 3.98. The Labute approximate surface area is 192 Å². The van der Waals surface area contributed by atoms with Crippen molar-refractivity contribution in [2.75, 3.05) is 5.32 Å². The molecule has 0 bridgehead atoms. The van der Waals surface area contributed by atoms with E-state index in [-0.39, 0.29) is 11.7 Å². The number of aromatic nitrogens is 2. The molecule has 5 atom stereocenters. The van der Waals surface area contributed by atoms with Crippen molar-refractivity contribution in [2.45, 2.75) is 44.1 Å². The highest BCUT2D eigenvalue weighted by Crippen LogP contribution is 2.55. The average Bonchev–Trinajstić information content (AvgIpc) is 3.39. The van der Waals surface area contributed by atoms with Gasteiger partial charge in [-0.15, -0.1) is 6.42 Å². The smallest absolute Gasteiger partial charge is 0.257 e. The summed E-state index contributed by atoms with van der Waals surface area (Å²) in [6.07, 6.45) is 12.2. The Balaban J connectivity index is 1.27. The molecule has 2 heterocycles. The molecule has 0 radical (unpaired) electrons. The van der Waals surface area contributed by atoms with E-state index in [1.54, 1.807) is 37.4 Å². The van der Waals surface area contributed by atoms with Gasteiger partial charge in [0, 0.05) is 23.3 Å². The number of halogens is 1. The maximum absolute atomic E-state index is 13.9. The number of pyridine rings is 2. The van der Waals surface area contributed by atoms with Gasteiger partial charge in [-0.2, -0.15) is 0 Å². The standard InChI is InChI=1S/C27H26FN3O2/c1-3-16-4-7-25(30-15-16)31-26(32)27(2,33)20-12-17-10-19(11-18(17)13-20)22-8-9-29-24-6-5-21(28)14-23(22)24/h1,4-9,14-15,17-20,33H,10-13H2,2H3,(H,30,31,32)/t17-,18?,19?,20?,27?/m0/s1. The number of anilines is 1. The molecule has 1 aromatic carbocycles. The van der Waals surface area contributed by atoms with E-state index in [2.05, 4.69) is 21.2 Å². The fourth-order valence-corrected chi connectivity index (χ4v) is 5.81. The number of nitrogens with one attached hydrogen (secondary N) is 1. The molecule has 3 aromatic rings. The van der Waals surface area contributed by atoms with Crippen LogP contribution in [0.5, 0.6) is 0 Å². The van der Waals surface area contributed by atoms with Crippen molar-refractivity contribution in [1.29, 1.82) is 0 Å². The fraction of sp³-hybridized carbons (Fsp3) is 0.370. The highest BCUT2D eigenvalue weighted by molar-refractivity contribution is 5.96. The molecule has 1 amide bonds. The van der Waals surface area contributed by atoms with E-state index in [1.807, 2.05) is 6.07 Å². The SMILES string of the molecule is C#Cc1ccc(NC(=O)C(C)(O)C2CC3CC(c4ccnc5ccc(F)cc45)C[C@H]3C2)nc1. The maximum Gasteiger partial charge on any atom is 0.257 e.